The van der Waals surface area contributed by atoms with Gasteiger partial charge in [-0.1, -0.05) is 18.2 Å². The average molecular weight is 321 g/mol. The van der Waals surface area contributed by atoms with Crippen molar-refractivity contribution in [2.75, 3.05) is 7.11 Å². The van der Waals surface area contributed by atoms with Crippen molar-refractivity contribution >= 4 is 0 Å². The second kappa shape index (κ2) is 5.51. The van der Waals surface area contributed by atoms with Crippen LogP contribution in [0.15, 0.2) is 36.5 Å². The van der Waals surface area contributed by atoms with Crippen molar-refractivity contribution in [3.05, 3.63) is 47.8 Å². The van der Waals surface area contributed by atoms with E-state index in [1.165, 1.54) is 6.07 Å². The van der Waals surface area contributed by atoms with Gasteiger partial charge in [-0.05, 0) is 17.7 Å². The summed E-state index contributed by atoms with van der Waals surface area (Å²) in [5.41, 5.74) is -3.98. The zero-order valence-corrected chi connectivity index (χ0v) is 11.1. The van der Waals surface area contributed by atoms with Crippen LogP contribution in [0.3, 0.4) is 0 Å². The summed E-state index contributed by atoms with van der Waals surface area (Å²) >= 11 is 0. The Bertz CT molecular complexity index is 678. The molecular weight excluding hydrogens is 312 g/mol. The van der Waals surface area contributed by atoms with Crippen LogP contribution in [-0.2, 0) is 12.4 Å². The molecule has 0 radical (unpaired) electrons. The monoisotopic (exact) mass is 321 g/mol. The second-order valence-electron chi connectivity index (χ2n) is 4.28. The first-order valence-electron chi connectivity index (χ1n) is 5.93. The minimum atomic E-state index is -4.91. The maximum absolute atomic E-state index is 13.1. The number of rotatable bonds is 2. The van der Waals surface area contributed by atoms with E-state index in [9.17, 15) is 26.3 Å². The third-order valence-corrected chi connectivity index (χ3v) is 2.90. The molecule has 0 aliphatic heterocycles. The molecule has 0 spiro atoms. The number of halogens is 6. The number of hydrogen-bond acceptors (Lipinski definition) is 2. The van der Waals surface area contributed by atoms with E-state index in [0.29, 0.717) is 6.07 Å². The lowest BCUT2D eigenvalue weighted by atomic mass is 9.97. The van der Waals surface area contributed by atoms with E-state index in [1.54, 1.807) is 0 Å². The molecule has 1 heterocycles. The minimum Gasteiger partial charge on any atom is -0.496 e. The van der Waals surface area contributed by atoms with Crippen molar-refractivity contribution in [2.45, 2.75) is 12.4 Å². The Kier molecular flexibility index (Phi) is 4.04. The van der Waals surface area contributed by atoms with Crippen molar-refractivity contribution in [2.24, 2.45) is 0 Å². The number of nitrogens with zero attached hydrogens (tertiary/aromatic N) is 1. The molecule has 1 aromatic carbocycles. The number of ether oxygens (including phenoxy) is 1. The van der Waals surface area contributed by atoms with Crippen molar-refractivity contribution in [3.63, 3.8) is 0 Å². The summed E-state index contributed by atoms with van der Waals surface area (Å²) in [5.74, 6) is -0.334. The van der Waals surface area contributed by atoms with E-state index in [4.69, 9.17) is 4.74 Å². The van der Waals surface area contributed by atoms with Crippen molar-refractivity contribution < 1.29 is 31.1 Å². The summed E-state index contributed by atoms with van der Waals surface area (Å²) in [6.07, 6.45) is -8.88. The molecule has 0 amide bonds. The number of methoxy groups -OCH3 is 1. The van der Waals surface area contributed by atoms with Gasteiger partial charge in [0.1, 0.15) is 5.75 Å². The largest absolute Gasteiger partial charge is 0.496 e. The second-order valence-corrected chi connectivity index (χ2v) is 4.28. The van der Waals surface area contributed by atoms with Gasteiger partial charge >= 0.3 is 12.4 Å². The van der Waals surface area contributed by atoms with Gasteiger partial charge in [0.25, 0.3) is 0 Å². The summed E-state index contributed by atoms with van der Waals surface area (Å²) in [5, 5.41) is 0. The first kappa shape index (κ1) is 16.1. The predicted molar refractivity (Wildman–Crippen MR) is 66.2 cm³/mol. The van der Waals surface area contributed by atoms with Gasteiger partial charge in [0, 0.05) is 6.20 Å². The molecule has 22 heavy (non-hydrogen) atoms. The summed E-state index contributed by atoms with van der Waals surface area (Å²) in [7, 11) is 1.08. The van der Waals surface area contributed by atoms with Crippen LogP contribution >= 0.6 is 0 Å². The quantitative estimate of drug-likeness (QED) is 0.742. The number of pyridine rings is 1. The zero-order valence-electron chi connectivity index (χ0n) is 11.1. The van der Waals surface area contributed by atoms with Crippen molar-refractivity contribution in [1.82, 2.24) is 4.98 Å². The minimum absolute atomic E-state index is 0.334. The Morgan fingerprint density at radius 1 is 0.909 bits per heavy atom. The molecule has 0 saturated heterocycles. The Morgan fingerprint density at radius 2 is 1.55 bits per heavy atom. The van der Waals surface area contributed by atoms with Gasteiger partial charge in [-0.2, -0.15) is 26.3 Å². The number of alkyl halides is 6. The Balaban J connectivity index is 2.84. The Labute approximate surface area is 121 Å². The van der Waals surface area contributed by atoms with Crippen LogP contribution in [0, 0.1) is 0 Å². The fourth-order valence-electron chi connectivity index (χ4n) is 2.04. The van der Waals surface area contributed by atoms with Crippen LogP contribution in [0.25, 0.3) is 11.1 Å². The topological polar surface area (TPSA) is 22.1 Å². The van der Waals surface area contributed by atoms with E-state index in [0.717, 1.165) is 31.5 Å². The SMILES string of the molecule is COc1ccnc(C(F)(F)F)c1-c1ccccc1C(F)(F)F. The van der Waals surface area contributed by atoms with Crippen molar-refractivity contribution in [1.29, 1.82) is 0 Å². The highest BCUT2D eigenvalue weighted by Gasteiger charge is 2.40. The highest BCUT2D eigenvalue weighted by molar-refractivity contribution is 5.76. The summed E-state index contributed by atoms with van der Waals surface area (Å²) in [4.78, 5) is 3.19. The first-order valence-corrected chi connectivity index (χ1v) is 5.93. The highest BCUT2D eigenvalue weighted by Crippen LogP contribution is 2.45. The maximum Gasteiger partial charge on any atom is 0.434 e. The van der Waals surface area contributed by atoms with Gasteiger partial charge in [-0.3, -0.25) is 4.98 Å². The fourth-order valence-corrected chi connectivity index (χ4v) is 2.04. The van der Waals surface area contributed by atoms with E-state index >= 15 is 0 Å². The van der Waals surface area contributed by atoms with E-state index in [-0.39, 0.29) is 5.75 Å². The van der Waals surface area contributed by atoms with Gasteiger partial charge in [0.2, 0.25) is 0 Å². The van der Waals surface area contributed by atoms with Crippen LogP contribution in [-0.4, -0.2) is 12.1 Å². The Hall–Kier alpha value is -2.25. The molecule has 0 fully saturated rings. The predicted octanol–water partition coefficient (Wildman–Crippen LogP) is 4.79. The standard InChI is InChI=1S/C14H9F6NO/c1-22-10-6-7-21-12(14(18,19)20)11(10)8-4-2-3-5-9(8)13(15,16)17/h2-7H,1H3. The van der Waals surface area contributed by atoms with E-state index in [1.807, 2.05) is 0 Å². The molecule has 8 heteroatoms. The molecule has 2 aromatic rings. The van der Waals surface area contributed by atoms with Gasteiger partial charge in [0.15, 0.2) is 5.69 Å². The fraction of sp³-hybridized carbons (Fsp3) is 0.214. The van der Waals surface area contributed by atoms with Crippen LogP contribution in [0.5, 0.6) is 5.75 Å². The smallest absolute Gasteiger partial charge is 0.434 e. The van der Waals surface area contributed by atoms with Gasteiger partial charge < -0.3 is 4.74 Å². The average Bonchev–Trinajstić information content (AvgIpc) is 2.44. The lowest BCUT2D eigenvalue weighted by Gasteiger charge is -2.18. The molecule has 2 rings (SSSR count). The van der Waals surface area contributed by atoms with Crippen molar-refractivity contribution in [3.8, 4) is 16.9 Å². The molecule has 0 aliphatic rings. The van der Waals surface area contributed by atoms with Crippen LogP contribution < -0.4 is 4.74 Å². The van der Waals surface area contributed by atoms with Crippen LogP contribution in [0.4, 0.5) is 26.3 Å². The number of benzene rings is 1. The van der Waals surface area contributed by atoms with Crippen LogP contribution in [0.2, 0.25) is 0 Å². The number of hydrogen-bond donors (Lipinski definition) is 0. The zero-order chi connectivity index (χ0) is 16.5. The molecule has 2 nitrogen and oxygen atoms in total. The van der Waals surface area contributed by atoms with Gasteiger partial charge in [-0.25, -0.2) is 0 Å². The van der Waals surface area contributed by atoms with Gasteiger partial charge in [-0.15, -0.1) is 0 Å². The third-order valence-electron chi connectivity index (χ3n) is 2.90. The van der Waals surface area contributed by atoms with E-state index in [2.05, 4.69) is 4.98 Å². The third kappa shape index (κ3) is 3.00. The molecule has 0 unspecified atom stereocenters. The molecule has 1 aromatic heterocycles. The normalized spacial score (nSPS) is 12.3. The molecule has 0 atom stereocenters. The summed E-state index contributed by atoms with van der Waals surface area (Å²) in [6, 6.07) is 5.07. The van der Waals surface area contributed by atoms with Gasteiger partial charge in [0.05, 0.1) is 18.2 Å². The molecule has 0 N–H and O–H groups in total. The molecule has 0 bridgehead atoms. The van der Waals surface area contributed by atoms with Crippen LogP contribution in [0.1, 0.15) is 11.3 Å². The lowest BCUT2D eigenvalue weighted by Crippen LogP contribution is -2.13. The maximum atomic E-state index is 13.1. The number of aromatic nitrogens is 1. The summed E-state index contributed by atoms with van der Waals surface area (Å²) in [6.45, 7) is 0. The molecule has 118 valence electrons. The Morgan fingerprint density at radius 3 is 2.09 bits per heavy atom. The highest BCUT2D eigenvalue weighted by atomic mass is 19.4. The molecular formula is C14H9F6NO. The van der Waals surface area contributed by atoms with E-state index < -0.39 is 34.7 Å². The lowest BCUT2D eigenvalue weighted by molar-refractivity contribution is -0.141. The summed E-state index contributed by atoms with van der Waals surface area (Å²) < 4.78 is 83.2. The molecule has 0 aliphatic carbocycles. The molecule has 0 saturated carbocycles. The first-order chi connectivity index (χ1) is 10.2.